The number of carboxylic acids is 1. The highest BCUT2D eigenvalue weighted by Gasteiger charge is 2.18. The fourth-order valence-electron chi connectivity index (χ4n) is 1.82. The molecule has 1 atom stereocenters. The van der Waals surface area contributed by atoms with Gasteiger partial charge in [0.15, 0.2) is 0 Å². The molecule has 1 heterocycles. The predicted octanol–water partition coefficient (Wildman–Crippen LogP) is 2.50. The summed E-state index contributed by atoms with van der Waals surface area (Å²) < 4.78 is 1.53. The Labute approximate surface area is 99.5 Å². The first-order valence-corrected chi connectivity index (χ1v) is 5.43. The topological polar surface area (TPSA) is 55.1 Å². The minimum atomic E-state index is -0.879. The molecule has 17 heavy (non-hydrogen) atoms. The van der Waals surface area contributed by atoms with Crippen LogP contribution in [-0.2, 0) is 4.79 Å². The summed E-state index contributed by atoms with van der Waals surface area (Å²) >= 11 is 0. The van der Waals surface area contributed by atoms with Gasteiger partial charge in [0.2, 0.25) is 0 Å². The fraction of sp³-hybridized carbons (Fsp3) is 0.231. The van der Waals surface area contributed by atoms with E-state index in [4.69, 9.17) is 5.11 Å². The average Bonchev–Trinajstić information content (AvgIpc) is 2.71. The summed E-state index contributed by atoms with van der Waals surface area (Å²) in [5, 5.41) is 13.1. The number of carboxylic acid groups (broad SMARTS) is 1. The van der Waals surface area contributed by atoms with Crippen molar-refractivity contribution in [2.24, 2.45) is 0 Å². The molecule has 0 saturated heterocycles. The van der Waals surface area contributed by atoms with Crippen molar-refractivity contribution < 1.29 is 9.90 Å². The molecule has 1 aromatic carbocycles. The lowest BCUT2D eigenvalue weighted by Gasteiger charge is -2.09. The average molecular weight is 230 g/mol. The molecule has 0 saturated carbocycles. The van der Waals surface area contributed by atoms with E-state index in [1.807, 2.05) is 37.3 Å². The number of rotatable bonds is 3. The third-order valence-corrected chi connectivity index (χ3v) is 2.85. The molecule has 2 rings (SSSR count). The lowest BCUT2D eigenvalue weighted by Crippen LogP contribution is -2.17. The van der Waals surface area contributed by atoms with Gasteiger partial charge in [-0.25, -0.2) is 4.79 Å². The SMILES string of the molecule is Cc1c(-c2ccccc2)cnn1C(C)C(=O)O. The summed E-state index contributed by atoms with van der Waals surface area (Å²) in [6.45, 7) is 3.51. The quantitative estimate of drug-likeness (QED) is 0.881. The van der Waals surface area contributed by atoms with Crippen molar-refractivity contribution in [3.05, 3.63) is 42.2 Å². The third kappa shape index (κ3) is 2.06. The minimum Gasteiger partial charge on any atom is -0.480 e. The van der Waals surface area contributed by atoms with E-state index in [1.165, 1.54) is 4.68 Å². The monoisotopic (exact) mass is 230 g/mol. The molecule has 0 spiro atoms. The van der Waals surface area contributed by atoms with E-state index in [9.17, 15) is 4.79 Å². The van der Waals surface area contributed by atoms with Crippen LogP contribution < -0.4 is 0 Å². The van der Waals surface area contributed by atoms with Gasteiger partial charge in [-0.3, -0.25) is 4.68 Å². The molecular formula is C13H14N2O2. The van der Waals surface area contributed by atoms with Crippen molar-refractivity contribution in [3.8, 4) is 11.1 Å². The Morgan fingerprint density at radius 3 is 2.59 bits per heavy atom. The molecular weight excluding hydrogens is 216 g/mol. The maximum absolute atomic E-state index is 10.9. The van der Waals surface area contributed by atoms with E-state index < -0.39 is 12.0 Å². The molecule has 1 aromatic heterocycles. The van der Waals surface area contributed by atoms with Crippen LogP contribution >= 0.6 is 0 Å². The molecule has 0 amide bonds. The van der Waals surface area contributed by atoms with Crippen LogP contribution in [0.2, 0.25) is 0 Å². The lowest BCUT2D eigenvalue weighted by atomic mass is 10.1. The first-order valence-electron chi connectivity index (χ1n) is 5.43. The molecule has 0 radical (unpaired) electrons. The summed E-state index contributed by atoms with van der Waals surface area (Å²) in [7, 11) is 0. The Morgan fingerprint density at radius 1 is 1.35 bits per heavy atom. The summed E-state index contributed by atoms with van der Waals surface area (Å²) in [6, 6.07) is 9.18. The summed E-state index contributed by atoms with van der Waals surface area (Å²) in [4.78, 5) is 10.9. The molecule has 4 nitrogen and oxygen atoms in total. The lowest BCUT2D eigenvalue weighted by molar-refractivity contribution is -0.140. The van der Waals surface area contributed by atoms with E-state index >= 15 is 0 Å². The first kappa shape index (κ1) is 11.4. The molecule has 0 fully saturated rings. The van der Waals surface area contributed by atoms with Crippen molar-refractivity contribution in [1.82, 2.24) is 9.78 Å². The van der Waals surface area contributed by atoms with Crippen LogP contribution in [0.5, 0.6) is 0 Å². The maximum Gasteiger partial charge on any atom is 0.328 e. The molecule has 88 valence electrons. The van der Waals surface area contributed by atoms with E-state index in [-0.39, 0.29) is 0 Å². The molecule has 0 aliphatic rings. The van der Waals surface area contributed by atoms with Crippen molar-refractivity contribution in [1.29, 1.82) is 0 Å². The highest BCUT2D eigenvalue weighted by molar-refractivity contribution is 5.72. The second-order valence-electron chi connectivity index (χ2n) is 3.97. The zero-order valence-corrected chi connectivity index (χ0v) is 9.79. The van der Waals surface area contributed by atoms with Gasteiger partial charge < -0.3 is 5.11 Å². The molecule has 0 aliphatic heterocycles. The zero-order valence-electron chi connectivity index (χ0n) is 9.79. The highest BCUT2D eigenvalue weighted by Crippen LogP contribution is 2.24. The predicted molar refractivity (Wildman–Crippen MR) is 64.7 cm³/mol. The number of hydrogen-bond donors (Lipinski definition) is 1. The van der Waals surface area contributed by atoms with Crippen LogP contribution in [0.1, 0.15) is 18.7 Å². The number of nitrogens with zero attached hydrogens (tertiary/aromatic N) is 2. The number of hydrogen-bond acceptors (Lipinski definition) is 2. The number of aliphatic carboxylic acids is 1. The summed E-state index contributed by atoms with van der Waals surface area (Å²) in [5.74, 6) is -0.879. The van der Waals surface area contributed by atoms with Gasteiger partial charge in [0.1, 0.15) is 6.04 Å². The number of carbonyl (C=O) groups is 1. The van der Waals surface area contributed by atoms with Gasteiger partial charge in [0.25, 0.3) is 0 Å². The van der Waals surface area contributed by atoms with Gasteiger partial charge in [-0.1, -0.05) is 30.3 Å². The fourth-order valence-corrected chi connectivity index (χ4v) is 1.82. The Balaban J connectivity index is 2.43. The van der Waals surface area contributed by atoms with Crippen molar-refractivity contribution in [2.75, 3.05) is 0 Å². The van der Waals surface area contributed by atoms with Gasteiger partial charge in [-0.05, 0) is 19.4 Å². The van der Waals surface area contributed by atoms with Crippen LogP contribution in [-0.4, -0.2) is 20.9 Å². The Hall–Kier alpha value is -2.10. The van der Waals surface area contributed by atoms with Crippen LogP contribution in [0.3, 0.4) is 0 Å². The summed E-state index contributed by atoms with van der Waals surface area (Å²) in [6.07, 6.45) is 1.71. The second-order valence-corrected chi connectivity index (χ2v) is 3.97. The molecule has 2 aromatic rings. The van der Waals surface area contributed by atoms with E-state index in [1.54, 1.807) is 13.1 Å². The maximum atomic E-state index is 10.9. The molecule has 1 N–H and O–H groups in total. The van der Waals surface area contributed by atoms with Crippen molar-refractivity contribution >= 4 is 5.97 Å². The number of aromatic nitrogens is 2. The van der Waals surface area contributed by atoms with E-state index in [2.05, 4.69) is 5.10 Å². The van der Waals surface area contributed by atoms with Crippen LogP contribution in [0.4, 0.5) is 0 Å². The summed E-state index contributed by atoms with van der Waals surface area (Å²) in [5.41, 5.74) is 2.89. The first-order chi connectivity index (χ1) is 8.11. The van der Waals surface area contributed by atoms with Gasteiger partial charge >= 0.3 is 5.97 Å². The number of benzene rings is 1. The van der Waals surface area contributed by atoms with Crippen LogP contribution in [0.25, 0.3) is 11.1 Å². The Morgan fingerprint density at radius 2 is 2.00 bits per heavy atom. The molecule has 4 heteroatoms. The van der Waals surface area contributed by atoms with Crippen LogP contribution in [0.15, 0.2) is 36.5 Å². The molecule has 0 bridgehead atoms. The minimum absolute atomic E-state index is 0.646. The van der Waals surface area contributed by atoms with E-state index in [0.29, 0.717) is 0 Å². The smallest absolute Gasteiger partial charge is 0.328 e. The normalized spacial score (nSPS) is 12.4. The van der Waals surface area contributed by atoms with Gasteiger partial charge in [0, 0.05) is 11.3 Å². The Kier molecular flexibility index (Phi) is 2.95. The van der Waals surface area contributed by atoms with Crippen molar-refractivity contribution in [2.45, 2.75) is 19.9 Å². The third-order valence-electron chi connectivity index (χ3n) is 2.85. The molecule has 1 unspecified atom stereocenters. The Bertz CT molecular complexity index is 532. The van der Waals surface area contributed by atoms with E-state index in [0.717, 1.165) is 16.8 Å². The highest BCUT2D eigenvalue weighted by atomic mass is 16.4. The van der Waals surface area contributed by atoms with Crippen LogP contribution in [0, 0.1) is 6.92 Å². The second kappa shape index (κ2) is 4.41. The standard InChI is InChI=1S/C13H14N2O2/c1-9-12(11-6-4-3-5-7-11)8-14-15(9)10(2)13(16)17/h3-8,10H,1-2H3,(H,16,17). The van der Waals surface area contributed by atoms with Gasteiger partial charge in [-0.15, -0.1) is 0 Å². The van der Waals surface area contributed by atoms with Gasteiger partial charge in [0.05, 0.1) is 6.20 Å². The zero-order chi connectivity index (χ0) is 12.4. The largest absolute Gasteiger partial charge is 0.480 e. The molecule has 0 aliphatic carbocycles. The van der Waals surface area contributed by atoms with Crippen molar-refractivity contribution in [3.63, 3.8) is 0 Å². The van der Waals surface area contributed by atoms with Gasteiger partial charge in [-0.2, -0.15) is 5.10 Å².